The first-order valence-corrected chi connectivity index (χ1v) is 8.86. The molecule has 1 atom stereocenters. The molecule has 25 heavy (non-hydrogen) atoms. The Bertz CT molecular complexity index is 791. The molecule has 2 aromatic rings. The Hall–Kier alpha value is -2.22. The topological polar surface area (TPSA) is 82.2 Å². The van der Waals surface area contributed by atoms with Crippen molar-refractivity contribution in [2.75, 3.05) is 19.7 Å². The van der Waals surface area contributed by atoms with Crippen molar-refractivity contribution in [3.05, 3.63) is 22.9 Å². The third kappa shape index (κ3) is 3.89. The van der Waals surface area contributed by atoms with Gasteiger partial charge in [-0.05, 0) is 25.7 Å². The van der Waals surface area contributed by atoms with Crippen LogP contribution in [0.15, 0.2) is 17.3 Å². The molecule has 8 nitrogen and oxygen atoms in total. The molecule has 0 bridgehead atoms. The summed E-state index contributed by atoms with van der Waals surface area (Å²) in [6.07, 6.45) is 7.09. The van der Waals surface area contributed by atoms with Crippen LogP contribution in [0.1, 0.15) is 32.6 Å². The quantitative estimate of drug-likeness (QED) is 0.777. The molecule has 136 valence electrons. The Morgan fingerprint density at radius 1 is 1.44 bits per heavy atom. The predicted octanol–water partition coefficient (Wildman–Crippen LogP) is 0.938. The van der Waals surface area contributed by atoms with Crippen LogP contribution in [0.2, 0.25) is 0 Å². The summed E-state index contributed by atoms with van der Waals surface area (Å²) < 4.78 is 8.66. The Morgan fingerprint density at radius 3 is 3.00 bits per heavy atom. The third-order valence-corrected chi connectivity index (χ3v) is 4.57. The van der Waals surface area contributed by atoms with E-state index in [1.807, 2.05) is 6.92 Å². The first kappa shape index (κ1) is 17.6. The van der Waals surface area contributed by atoms with Crippen molar-refractivity contribution >= 4 is 16.9 Å². The third-order valence-electron chi connectivity index (χ3n) is 4.57. The monoisotopic (exact) mass is 347 g/mol. The Morgan fingerprint density at radius 2 is 2.28 bits per heavy atom. The maximum absolute atomic E-state index is 12.7. The fraction of sp³-hybridized carbons (Fsp3) is 0.647. The zero-order valence-corrected chi connectivity index (χ0v) is 14.8. The van der Waals surface area contributed by atoms with Crippen LogP contribution >= 0.6 is 0 Å². The van der Waals surface area contributed by atoms with Gasteiger partial charge < -0.3 is 9.64 Å². The van der Waals surface area contributed by atoms with E-state index in [4.69, 9.17) is 4.74 Å². The van der Waals surface area contributed by atoms with Gasteiger partial charge in [-0.3, -0.25) is 18.8 Å². The molecule has 3 rings (SSSR count). The number of amides is 1. The van der Waals surface area contributed by atoms with Crippen LogP contribution in [0.4, 0.5) is 0 Å². The average Bonchev–Trinajstić information content (AvgIpc) is 3.00. The van der Waals surface area contributed by atoms with Gasteiger partial charge in [-0.15, -0.1) is 0 Å². The smallest absolute Gasteiger partial charge is 0.264 e. The molecule has 1 fully saturated rings. The summed E-state index contributed by atoms with van der Waals surface area (Å²) in [4.78, 5) is 31.3. The summed E-state index contributed by atoms with van der Waals surface area (Å²) in [6, 6.07) is 0. The van der Waals surface area contributed by atoms with Crippen LogP contribution in [0, 0.1) is 0 Å². The zero-order valence-electron chi connectivity index (χ0n) is 14.8. The lowest BCUT2D eigenvalue weighted by atomic mass is 10.1. The summed E-state index contributed by atoms with van der Waals surface area (Å²) in [5, 5.41) is 4.47. The lowest BCUT2D eigenvalue weighted by Crippen LogP contribution is -2.42. The van der Waals surface area contributed by atoms with Crippen LogP contribution in [0.25, 0.3) is 11.0 Å². The number of fused-ring (bicyclic) bond motifs is 1. The summed E-state index contributed by atoms with van der Waals surface area (Å²) in [5.41, 5.74) is 0.284. The van der Waals surface area contributed by atoms with Gasteiger partial charge in [0, 0.05) is 26.7 Å². The van der Waals surface area contributed by atoms with Gasteiger partial charge in [0.25, 0.3) is 5.56 Å². The number of carbonyl (C=O) groups is 1. The molecular weight excluding hydrogens is 322 g/mol. The van der Waals surface area contributed by atoms with Gasteiger partial charge in [-0.25, -0.2) is 4.98 Å². The first-order chi connectivity index (χ1) is 12.1. The lowest BCUT2D eigenvalue weighted by molar-refractivity contribution is -0.134. The minimum absolute atomic E-state index is 0.0105. The Kier molecular flexibility index (Phi) is 5.47. The van der Waals surface area contributed by atoms with Crippen LogP contribution in [0.3, 0.4) is 0 Å². The molecule has 0 N–H and O–H groups in total. The fourth-order valence-corrected chi connectivity index (χ4v) is 3.21. The van der Waals surface area contributed by atoms with Crippen molar-refractivity contribution in [3.63, 3.8) is 0 Å². The SMILES string of the molecule is CCCN(C[C@H]1CCCCO1)C(=O)Cn1cnc2c(cnn2C)c1=O. The molecule has 8 heteroatoms. The number of aromatic nitrogens is 4. The highest BCUT2D eigenvalue weighted by atomic mass is 16.5. The highest BCUT2D eigenvalue weighted by Gasteiger charge is 2.22. The van der Waals surface area contributed by atoms with E-state index in [-0.39, 0.29) is 24.1 Å². The number of carbonyl (C=O) groups excluding carboxylic acids is 1. The summed E-state index contributed by atoms with van der Waals surface area (Å²) in [5.74, 6) is -0.0804. The minimum atomic E-state index is -0.239. The maximum atomic E-state index is 12.7. The number of hydrogen-bond donors (Lipinski definition) is 0. The van der Waals surface area contributed by atoms with E-state index >= 15 is 0 Å². The molecule has 1 aliphatic heterocycles. The minimum Gasteiger partial charge on any atom is -0.376 e. The van der Waals surface area contributed by atoms with E-state index in [0.717, 1.165) is 32.3 Å². The van der Waals surface area contributed by atoms with Gasteiger partial charge in [0.15, 0.2) is 5.65 Å². The highest BCUT2D eigenvalue weighted by Crippen LogP contribution is 2.14. The predicted molar refractivity (Wildman–Crippen MR) is 93.2 cm³/mol. The number of hydrogen-bond acceptors (Lipinski definition) is 5. The van der Waals surface area contributed by atoms with E-state index in [9.17, 15) is 9.59 Å². The largest absolute Gasteiger partial charge is 0.376 e. The molecule has 0 aromatic carbocycles. The van der Waals surface area contributed by atoms with E-state index in [0.29, 0.717) is 24.1 Å². The fourth-order valence-electron chi connectivity index (χ4n) is 3.21. The second kappa shape index (κ2) is 7.77. The Balaban J connectivity index is 1.74. The number of rotatable bonds is 6. The van der Waals surface area contributed by atoms with Crippen LogP contribution < -0.4 is 5.56 Å². The molecule has 0 saturated carbocycles. The van der Waals surface area contributed by atoms with E-state index in [1.54, 1.807) is 16.6 Å². The summed E-state index contributed by atoms with van der Waals surface area (Å²) in [7, 11) is 1.73. The van der Waals surface area contributed by atoms with E-state index in [2.05, 4.69) is 10.1 Å². The molecular formula is C17H25N5O3. The van der Waals surface area contributed by atoms with Crippen molar-refractivity contribution in [1.29, 1.82) is 0 Å². The van der Waals surface area contributed by atoms with Crippen LogP contribution in [-0.4, -0.2) is 55.9 Å². The molecule has 0 radical (unpaired) electrons. The molecule has 0 spiro atoms. The van der Waals surface area contributed by atoms with Crippen molar-refractivity contribution in [3.8, 4) is 0 Å². The molecule has 1 saturated heterocycles. The van der Waals surface area contributed by atoms with Crippen molar-refractivity contribution < 1.29 is 9.53 Å². The molecule has 3 heterocycles. The first-order valence-electron chi connectivity index (χ1n) is 8.86. The Labute approximate surface area is 146 Å². The van der Waals surface area contributed by atoms with Gasteiger partial charge >= 0.3 is 0 Å². The lowest BCUT2D eigenvalue weighted by Gasteiger charge is -2.30. The standard InChI is InChI=1S/C17H25N5O3/c1-3-7-21(10-13-6-4-5-8-25-13)15(23)11-22-12-18-16-14(17(22)24)9-19-20(16)2/h9,12-13H,3-8,10-11H2,1-2H3/t13-/m1/s1. The van der Waals surface area contributed by atoms with E-state index < -0.39 is 0 Å². The molecule has 1 aliphatic rings. The molecule has 0 unspecified atom stereocenters. The van der Waals surface area contributed by atoms with Crippen LogP contribution in [-0.2, 0) is 23.1 Å². The normalized spacial score (nSPS) is 17.8. The molecule has 2 aromatic heterocycles. The van der Waals surface area contributed by atoms with Gasteiger partial charge in [-0.2, -0.15) is 5.10 Å². The summed E-state index contributed by atoms with van der Waals surface area (Å²) >= 11 is 0. The van der Waals surface area contributed by atoms with Crippen molar-refractivity contribution in [2.45, 2.75) is 45.3 Å². The van der Waals surface area contributed by atoms with Gasteiger partial charge in [-0.1, -0.05) is 6.92 Å². The second-order valence-electron chi connectivity index (χ2n) is 6.51. The number of ether oxygens (including phenoxy) is 1. The van der Waals surface area contributed by atoms with Gasteiger partial charge in [0.2, 0.25) is 5.91 Å². The zero-order chi connectivity index (χ0) is 17.8. The average molecular weight is 347 g/mol. The van der Waals surface area contributed by atoms with E-state index in [1.165, 1.54) is 17.1 Å². The number of nitrogens with zero attached hydrogens (tertiary/aromatic N) is 5. The van der Waals surface area contributed by atoms with Crippen molar-refractivity contribution in [1.82, 2.24) is 24.2 Å². The van der Waals surface area contributed by atoms with Gasteiger partial charge in [0.1, 0.15) is 18.3 Å². The second-order valence-corrected chi connectivity index (χ2v) is 6.51. The molecule has 1 amide bonds. The summed E-state index contributed by atoms with van der Waals surface area (Å²) in [6.45, 7) is 4.04. The maximum Gasteiger partial charge on any atom is 0.264 e. The van der Waals surface area contributed by atoms with Gasteiger partial charge in [0.05, 0.1) is 12.3 Å². The number of aryl methyl sites for hydroxylation is 1. The highest BCUT2D eigenvalue weighted by molar-refractivity contribution is 5.77. The van der Waals surface area contributed by atoms with Crippen molar-refractivity contribution in [2.24, 2.45) is 7.05 Å². The van der Waals surface area contributed by atoms with Crippen LogP contribution in [0.5, 0.6) is 0 Å². The molecule has 0 aliphatic carbocycles.